The molecule has 5 atom stereocenters. The minimum absolute atomic E-state index is 0.0217. The van der Waals surface area contributed by atoms with Crippen molar-refractivity contribution in [2.24, 2.45) is 22.7 Å². The third kappa shape index (κ3) is 1.61. The molecule has 3 heteroatoms. The molecule has 0 aliphatic heterocycles. The van der Waals surface area contributed by atoms with E-state index in [0.29, 0.717) is 24.3 Å². The van der Waals surface area contributed by atoms with Gasteiger partial charge in [-0.05, 0) is 42.1 Å². The van der Waals surface area contributed by atoms with Gasteiger partial charge < -0.3 is 10.2 Å². The highest BCUT2D eigenvalue weighted by Crippen LogP contribution is 2.64. The summed E-state index contributed by atoms with van der Waals surface area (Å²) in [6.45, 7) is 10.2. The summed E-state index contributed by atoms with van der Waals surface area (Å²) in [7, 11) is 0. The Morgan fingerprint density at radius 3 is 2.53 bits per heavy atom. The van der Waals surface area contributed by atoms with E-state index < -0.39 is 17.1 Å². The van der Waals surface area contributed by atoms with Crippen LogP contribution in [0.4, 0.5) is 0 Å². The number of aliphatic hydroxyl groups is 2. The molecule has 0 aromatic carbocycles. The molecule has 0 radical (unpaired) electrons. The number of carbonyl (C=O) groups is 1. The fraction of sp³-hybridized carbons (Fsp3) is 0.812. The quantitative estimate of drug-likeness (QED) is 0.659. The number of fused-ring (bicyclic) bond motifs is 4. The van der Waals surface area contributed by atoms with Gasteiger partial charge in [-0.15, -0.1) is 0 Å². The molecule has 3 rings (SSSR count). The van der Waals surface area contributed by atoms with Crippen LogP contribution >= 0.6 is 0 Å². The van der Waals surface area contributed by atoms with Crippen LogP contribution in [-0.4, -0.2) is 27.7 Å². The van der Waals surface area contributed by atoms with Crippen molar-refractivity contribution in [2.45, 2.75) is 58.2 Å². The number of carbonyl (C=O) groups excluding carboxylic acids is 1. The fourth-order valence-corrected chi connectivity index (χ4v) is 5.26. The van der Waals surface area contributed by atoms with Crippen LogP contribution in [0.15, 0.2) is 12.2 Å². The van der Waals surface area contributed by atoms with E-state index in [1.807, 2.05) is 6.92 Å². The van der Waals surface area contributed by atoms with Crippen molar-refractivity contribution in [1.29, 1.82) is 0 Å². The number of rotatable bonds is 0. The first-order valence-electron chi connectivity index (χ1n) is 7.22. The fourth-order valence-electron chi connectivity index (χ4n) is 5.26. The van der Waals surface area contributed by atoms with Crippen LogP contribution in [0.5, 0.6) is 0 Å². The van der Waals surface area contributed by atoms with E-state index in [1.54, 1.807) is 0 Å². The number of ketones is 1. The zero-order chi connectivity index (χ0) is 14.2. The predicted octanol–water partition coefficient (Wildman–Crippen LogP) is 2.07. The number of aliphatic hydroxyl groups excluding tert-OH is 1. The molecule has 3 saturated carbocycles. The van der Waals surface area contributed by atoms with Crippen molar-refractivity contribution in [2.75, 3.05) is 0 Å². The van der Waals surface area contributed by atoms with Crippen LogP contribution in [-0.2, 0) is 4.79 Å². The second-order valence-electron chi connectivity index (χ2n) is 8.02. The Labute approximate surface area is 114 Å². The monoisotopic (exact) mass is 264 g/mol. The summed E-state index contributed by atoms with van der Waals surface area (Å²) in [4.78, 5) is 12.1. The van der Waals surface area contributed by atoms with E-state index in [1.165, 1.54) is 0 Å². The van der Waals surface area contributed by atoms with Crippen molar-refractivity contribution in [3.8, 4) is 0 Å². The first kappa shape index (κ1) is 13.3. The predicted molar refractivity (Wildman–Crippen MR) is 72.4 cm³/mol. The third-order valence-electron chi connectivity index (χ3n) is 6.03. The Morgan fingerprint density at radius 2 is 1.89 bits per heavy atom. The number of Topliss-reactive ketones (excluding diaryl/α,β-unsaturated/α-hetero) is 1. The van der Waals surface area contributed by atoms with Gasteiger partial charge in [0, 0.05) is 11.8 Å². The summed E-state index contributed by atoms with van der Waals surface area (Å²) in [5, 5.41) is 21.4. The molecule has 3 fully saturated rings. The van der Waals surface area contributed by atoms with Gasteiger partial charge in [0.05, 0.1) is 11.7 Å². The van der Waals surface area contributed by atoms with E-state index >= 15 is 0 Å². The van der Waals surface area contributed by atoms with Gasteiger partial charge in [-0.1, -0.05) is 27.4 Å². The lowest BCUT2D eigenvalue weighted by atomic mass is 9.51. The molecule has 0 saturated heterocycles. The highest BCUT2D eigenvalue weighted by Gasteiger charge is 2.64. The zero-order valence-electron chi connectivity index (χ0n) is 12.1. The van der Waals surface area contributed by atoms with Crippen molar-refractivity contribution in [3.05, 3.63) is 12.2 Å². The first-order valence-corrected chi connectivity index (χ1v) is 7.22. The second kappa shape index (κ2) is 3.50. The third-order valence-corrected chi connectivity index (χ3v) is 6.03. The van der Waals surface area contributed by atoms with Crippen molar-refractivity contribution < 1.29 is 15.0 Å². The maximum Gasteiger partial charge on any atom is 0.161 e. The van der Waals surface area contributed by atoms with E-state index in [0.717, 1.165) is 6.42 Å². The van der Waals surface area contributed by atoms with Gasteiger partial charge in [0.25, 0.3) is 0 Å². The average molecular weight is 264 g/mol. The van der Waals surface area contributed by atoms with Crippen LogP contribution in [0.1, 0.15) is 46.5 Å². The summed E-state index contributed by atoms with van der Waals surface area (Å²) in [6.07, 6.45) is 1.92. The Morgan fingerprint density at radius 1 is 1.26 bits per heavy atom. The van der Waals surface area contributed by atoms with Crippen LogP contribution in [0.2, 0.25) is 0 Å². The summed E-state index contributed by atoms with van der Waals surface area (Å²) in [6, 6.07) is 0. The lowest BCUT2D eigenvalue weighted by Gasteiger charge is -2.55. The van der Waals surface area contributed by atoms with E-state index in [4.69, 9.17) is 0 Å². The van der Waals surface area contributed by atoms with Gasteiger partial charge in [0.2, 0.25) is 0 Å². The van der Waals surface area contributed by atoms with Gasteiger partial charge in [0.1, 0.15) is 0 Å². The lowest BCUT2D eigenvalue weighted by molar-refractivity contribution is -0.147. The van der Waals surface area contributed by atoms with Crippen molar-refractivity contribution in [3.63, 3.8) is 0 Å². The zero-order valence-corrected chi connectivity index (χ0v) is 12.1. The van der Waals surface area contributed by atoms with Crippen molar-refractivity contribution in [1.82, 2.24) is 0 Å². The molecule has 2 bridgehead atoms. The van der Waals surface area contributed by atoms with Gasteiger partial charge in [-0.2, -0.15) is 0 Å². The standard InChI is InChI=1S/C16H24O3/c1-9-11(17)7-16(19)6-10-5-14(2,3)13(18)12(10)15(9,4)8-16/h10,12-13,18-19H,1,5-8H2,2-4H3/t10-,12+,13-,15+,16-/m0/s1. The maximum atomic E-state index is 12.1. The Hall–Kier alpha value is -0.670. The molecular weight excluding hydrogens is 240 g/mol. The first-order chi connectivity index (χ1) is 8.59. The smallest absolute Gasteiger partial charge is 0.161 e. The van der Waals surface area contributed by atoms with Crippen LogP contribution in [0.3, 0.4) is 0 Å². The average Bonchev–Trinajstić information content (AvgIpc) is 2.45. The number of allylic oxidation sites excluding steroid dienone is 1. The molecule has 3 aliphatic rings. The molecule has 2 N–H and O–H groups in total. The SMILES string of the molecule is C=C1C(=O)C[C@@]2(O)C[C@@H]3CC(C)(C)[C@@H](O)[C@@H]3[C@]1(C)C2. The molecule has 106 valence electrons. The highest BCUT2D eigenvalue weighted by atomic mass is 16.3. The molecule has 0 spiro atoms. The summed E-state index contributed by atoms with van der Waals surface area (Å²) < 4.78 is 0. The van der Waals surface area contributed by atoms with Crippen LogP contribution in [0, 0.1) is 22.7 Å². The topological polar surface area (TPSA) is 57.5 Å². The Balaban J connectivity index is 2.09. The van der Waals surface area contributed by atoms with Crippen LogP contribution < -0.4 is 0 Å². The summed E-state index contributed by atoms with van der Waals surface area (Å²) in [5.74, 6) is 0.324. The molecule has 3 nitrogen and oxygen atoms in total. The minimum Gasteiger partial charge on any atom is -0.392 e. The summed E-state index contributed by atoms with van der Waals surface area (Å²) in [5.41, 5.74) is -0.854. The molecule has 3 aliphatic carbocycles. The van der Waals surface area contributed by atoms with E-state index in [9.17, 15) is 15.0 Å². The molecule has 0 aromatic rings. The van der Waals surface area contributed by atoms with Gasteiger partial charge in [0.15, 0.2) is 5.78 Å². The Kier molecular flexibility index (Phi) is 2.45. The molecule has 0 amide bonds. The lowest BCUT2D eigenvalue weighted by Crippen LogP contribution is -2.57. The Bertz CT molecular complexity index is 467. The second-order valence-corrected chi connectivity index (χ2v) is 8.02. The number of hydrogen-bond donors (Lipinski definition) is 2. The molecular formula is C16H24O3. The molecule has 0 unspecified atom stereocenters. The molecule has 0 aromatic heterocycles. The van der Waals surface area contributed by atoms with Crippen molar-refractivity contribution >= 4 is 5.78 Å². The van der Waals surface area contributed by atoms with Gasteiger partial charge in [-0.25, -0.2) is 0 Å². The largest absolute Gasteiger partial charge is 0.392 e. The van der Waals surface area contributed by atoms with E-state index in [-0.39, 0.29) is 23.5 Å². The normalized spacial score (nSPS) is 52.2. The molecule has 0 heterocycles. The minimum atomic E-state index is -0.881. The van der Waals surface area contributed by atoms with Crippen LogP contribution in [0.25, 0.3) is 0 Å². The van der Waals surface area contributed by atoms with Gasteiger partial charge in [-0.3, -0.25) is 4.79 Å². The number of hydrogen-bond acceptors (Lipinski definition) is 3. The highest BCUT2D eigenvalue weighted by molar-refractivity contribution is 5.98. The summed E-state index contributed by atoms with van der Waals surface area (Å²) >= 11 is 0. The molecule has 19 heavy (non-hydrogen) atoms. The van der Waals surface area contributed by atoms with Gasteiger partial charge >= 0.3 is 0 Å². The van der Waals surface area contributed by atoms with E-state index in [2.05, 4.69) is 20.4 Å². The maximum absolute atomic E-state index is 12.1.